The van der Waals surface area contributed by atoms with Crippen molar-refractivity contribution in [1.82, 2.24) is 14.5 Å². The lowest BCUT2D eigenvalue weighted by Crippen LogP contribution is -2.22. The highest BCUT2D eigenvalue weighted by Gasteiger charge is 2.13. The van der Waals surface area contributed by atoms with E-state index in [1.165, 1.54) is 6.20 Å². The van der Waals surface area contributed by atoms with E-state index in [1.54, 1.807) is 25.5 Å². The zero-order valence-electron chi connectivity index (χ0n) is 12.1. The third-order valence-electron chi connectivity index (χ3n) is 2.87. The smallest absolute Gasteiger partial charge is 0.340 e. The van der Waals surface area contributed by atoms with Crippen LogP contribution < -0.4 is 11.1 Å². The lowest BCUT2D eigenvalue weighted by Gasteiger charge is -2.16. The number of nitrogen functional groups attached to an aromatic ring is 1. The number of nitrogens with one attached hydrogen (secondary N) is 1. The van der Waals surface area contributed by atoms with Gasteiger partial charge in [-0.15, -0.1) is 0 Å². The third kappa shape index (κ3) is 3.95. The first kappa shape index (κ1) is 14.8. The van der Waals surface area contributed by atoms with Crippen LogP contribution in [-0.2, 0) is 11.3 Å². The molecule has 2 aromatic rings. The SMILES string of the molecule is CCOC(=O)c1cc(NC(C)Cn2ccnc2)ncc1N. The maximum Gasteiger partial charge on any atom is 0.340 e. The molecule has 0 spiro atoms. The van der Waals surface area contributed by atoms with Gasteiger partial charge in [0.05, 0.1) is 30.4 Å². The van der Waals surface area contributed by atoms with Crippen LogP contribution in [0.1, 0.15) is 24.2 Å². The van der Waals surface area contributed by atoms with E-state index < -0.39 is 5.97 Å². The van der Waals surface area contributed by atoms with E-state index in [0.29, 0.717) is 23.7 Å². The van der Waals surface area contributed by atoms with Crippen molar-refractivity contribution in [2.24, 2.45) is 0 Å². The second-order valence-electron chi connectivity index (χ2n) is 4.68. The number of pyridine rings is 1. The minimum Gasteiger partial charge on any atom is -0.462 e. The molecule has 0 bridgehead atoms. The number of nitrogens with two attached hydrogens (primary N) is 1. The van der Waals surface area contributed by atoms with Crippen molar-refractivity contribution in [3.8, 4) is 0 Å². The van der Waals surface area contributed by atoms with Crippen LogP contribution in [0.3, 0.4) is 0 Å². The molecule has 0 aliphatic heterocycles. The maximum absolute atomic E-state index is 11.8. The fraction of sp³-hybridized carbons (Fsp3) is 0.357. The molecule has 21 heavy (non-hydrogen) atoms. The summed E-state index contributed by atoms with van der Waals surface area (Å²) in [4.78, 5) is 20.0. The number of nitrogens with zero attached hydrogens (tertiary/aromatic N) is 3. The normalized spacial score (nSPS) is 11.9. The van der Waals surface area contributed by atoms with Gasteiger partial charge >= 0.3 is 5.97 Å². The van der Waals surface area contributed by atoms with Crippen LogP contribution in [0.25, 0.3) is 0 Å². The Balaban J connectivity index is 2.06. The molecule has 0 aromatic carbocycles. The molecule has 0 saturated carbocycles. The van der Waals surface area contributed by atoms with E-state index in [9.17, 15) is 4.79 Å². The van der Waals surface area contributed by atoms with E-state index >= 15 is 0 Å². The van der Waals surface area contributed by atoms with Gasteiger partial charge in [0.2, 0.25) is 0 Å². The van der Waals surface area contributed by atoms with Crippen LogP contribution in [0.5, 0.6) is 0 Å². The van der Waals surface area contributed by atoms with Crippen molar-refractivity contribution in [3.63, 3.8) is 0 Å². The number of esters is 1. The summed E-state index contributed by atoms with van der Waals surface area (Å²) in [5, 5.41) is 3.22. The van der Waals surface area contributed by atoms with Crippen molar-refractivity contribution in [2.45, 2.75) is 26.4 Å². The average Bonchev–Trinajstić information content (AvgIpc) is 2.94. The Hall–Kier alpha value is -2.57. The quantitative estimate of drug-likeness (QED) is 0.783. The third-order valence-corrected chi connectivity index (χ3v) is 2.87. The van der Waals surface area contributed by atoms with Crippen LogP contribution in [-0.4, -0.2) is 33.2 Å². The minimum absolute atomic E-state index is 0.116. The van der Waals surface area contributed by atoms with Gasteiger partial charge in [-0.2, -0.15) is 0 Å². The molecule has 2 heterocycles. The highest BCUT2D eigenvalue weighted by molar-refractivity contribution is 5.95. The van der Waals surface area contributed by atoms with Gasteiger partial charge < -0.3 is 20.4 Å². The molecular weight excluding hydrogens is 270 g/mol. The molecule has 0 saturated heterocycles. The Labute approximate surface area is 123 Å². The molecule has 7 nitrogen and oxygen atoms in total. The monoisotopic (exact) mass is 289 g/mol. The first-order valence-corrected chi connectivity index (χ1v) is 6.75. The Bertz CT molecular complexity index is 597. The summed E-state index contributed by atoms with van der Waals surface area (Å²) in [5.74, 6) is 0.141. The predicted molar refractivity (Wildman–Crippen MR) is 79.9 cm³/mol. The predicted octanol–water partition coefficient (Wildman–Crippen LogP) is 1.54. The summed E-state index contributed by atoms with van der Waals surface area (Å²) in [5.41, 5.74) is 6.39. The van der Waals surface area contributed by atoms with E-state index in [1.807, 2.05) is 17.7 Å². The number of carbonyl (C=O) groups excluding carboxylic acids is 1. The van der Waals surface area contributed by atoms with Gasteiger partial charge in [0.25, 0.3) is 0 Å². The van der Waals surface area contributed by atoms with Crippen LogP contribution in [0.15, 0.2) is 31.0 Å². The maximum atomic E-state index is 11.8. The summed E-state index contributed by atoms with van der Waals surface area (Å²) in [6.07, 6.45) is 6.82. The molecule has 2 aromatic heterocycles. The topological polar surface area (TPSA) is 95.1 Å². The van der Waals surface area contributed by atoms with Crippen LogP contribution >= 0.6 is 0 Å². The fourth-order valence-corrected chi connectivity index (χ4v) is 1.94. The van der Waals surface area contributed by atoms with Crippen molar-refractivity contribution in [3.05, 3.63) is 36.5 Å². The fourth-order valence-electron chi connectivity index (χ4n) is 1.94. The van der Waals surface area contributed by atoms with Gasteiger partial charge in [-0.05, 0) is 19.9 Å². The molecule has 112 valence electrons. The average molecular weight is 289 g/mol. The number of hydrogen-bond acceptors (Lipinski definition) is 6. The highest BCUT2D eigenvalue weighted by atomic mass is 16.5. The molecule has 2 rings (SSSR count). The van der Waals surface area contributed by atoms with Crippen molar-refractivity contribution >= 4 is 17.5 Å². The van der Waals surface area contributed by atoms with E-state index in [-0.39, 0.29) is 6.04 Å². The standard InChI is InChI=1S/C14H19N5O2/c1-3-21-14(20)11-6-13(17-7-12(11)15)18-10(2)8-19-5-4-16-9-19/h4-7,9-10H,3,8,15H2,1-2H3,(H,17,18). The molecule has 0 radical (unpaired) electrons. The van der Waals surface area contributed by atoms with Gasteiger partial charge in [0, 0.05) is 25.0 Å². The Morgan fingerprint density at radius 1 is 1.57 bits per heavy atom. The van der Waals surface area contributed by atoms with Gasteiger partial charge in [-0.25, -0.2) is 14.8 Å². The van der Waals surface area contributed by atoms with Gasteiger partial charge in [0.15, 0.2) is 0 Å². The van der Waals surface area contributed by atoms with Crippen molar-refractivity contribution < 1.29 is 9.53 Å². The van der Waals surface area contributed by atoms with Gasteiger partial charge in [-0.1, -0.05) is 0 Å². The van der Waals surface area contributed by atoms with Gasteiger partial charge in [0.1, 0.15) is 5.82 Å². The highest BCUT2D eigenvalue weighted by Crippen LogP contribution is 2.17. The lowest BCUT2D eigenvalue weighted by molar-refractivity contribution is 0.0527. The van der Waals surface area contributed by atoms with Crippen LogP contribution in [0, 0.1) is 0 Å². The Morgan fingerprint density at radius 2 is 2.38 bits per heavy atom. The molecule has 0 aliphatic rings. The Kier molecular flexibility index (Phi) is 4.76. The molecule has 0 fully saturated rings. The summed E-state index contributed by atoms with van der Waals surface area (Å²) in [6, 6.07) is 1.72. The first-order valence-electron chi connectivity index (χ1n) is 6.75. The number of aromatic nitrogens is 3. The van der Waals surface area contributed by atoms with Crippen molar-refractivity contribution in [1.29, 1.82) is 0 Å². The molecule has 3 N–H and O–H groups in total. The van der Waals surface area contributed by atoms with E-state index in [0.717, 1.165) is 6.54 Å². The summed E-state index contributed by atoms with van der Waals surface area (Å²) in [6.45, 7) is 4.81. The number of hydrogen-bond donors (Lipinski definition) is 2. The molecule has 0 amide bonds. The van der Waals surface area contributed by atoms with Gasteiger partial charge in [-0.3, -0.25) is 0 Å². The van der Waals surface area contributed by atoms with E-state index in [4.69, 9.17) is 10.5 Å². The molecule has 1 atom stereocenters. The van der Waals surface area contributed by atoms with E-state index in [2.05, 4.69) is 15.3 Å². The number of imidazole rings is 1. The molecule has 1 unspecified atom stereocenters. The molecular formula is C14H19N5O2. The summed E-state index contributed by atoms with van der Waals surface area (Å²) >= 11 is 0. The number of ether oxygens (including phenoxy) is 1. The number of carbonyl (C=O) groups is 1. The second-order valence-corrected chi connectivity index (χ2v) is 4.68. The number of anilines is 2. The minimum atomic E-state index is -0.442. The van der Waals surface area contributed by atoms with Crippen LogP contribution in [0.2, 0.25) is 0 Å². The molecule has 7 heteroatoms. The first-order chi connectivity index (χ1) is 10.1. The summed E-state index contributed by atoms with van der Waals surface area (Å²) < 4.78 is 6.93. The van der Waals surface area contributed by atoms with Crippen molar-refractivity contribution in [2.75, 3.05) is 17.7 Å². The lowest BCUT2D eigenvalue weighted by atomic mass is 10.2. The second kappa shape index (κ2) is 6.74. The zero-order chi connectivity index (χ0) is 15.2. The Morgan fingerprint density at radius 3 is 3.05 bits per heavy atom. The zero-order valence-corrected chi connectivity index (χ0v) is 12.1. The number of rotatable bonds is 6. The van der Waals surface area contributed by atoms with Crippen LogP contribution in [0.4, 0.5) is 11.5 Å². The summed E-state index contributed by atoms with van der Waals surface area (Å²) in [7, 11) is 0. The molecule has 0 aliphatic carbocycles. The largest absolute Gasteiger partial charge is 0.462 e.